The minimum atomic E-state index is -1.29. The van der Waals surface area contributed by atoms with Gasteiger partial charge in [-0.15, -0.1) is 0 Å². The van der Waals surface area contributed by atoms with E-state index in [4.69, 9.17) is 14.7 Å². The van der Waals surface area contributed by atoms with Crippen LogP contribution in [0.5, 0.6) is 0 Å². The molecule has 1 aliphatic carbocycles. The number of esters is 2. The third-order valence-corrected chi connectivity index (χ3v) is 2.17. The number of nitriles is 1. The van der Waals surface area contributed by atoms with Gasteiger partial charge in [-0.25, -0.2) is 0 Å². The summed E-state index contributed by atoms with van der Waals surface area (Å²) < 4.78 is 9.96. The van der Waals surface area contributed by atoms with E-state index in [1.54, 1.807) is 20.8 Å². The highest BCUT2D eigenvalue weighted by molar-refractivity contribution is 5.86. The van der Waals surface area contributed by atoms with Crippen molar-refractivity contribution in [3.63, 3.8) is 0 Å². The lowest BCUT2D eigenvalue weighted by molar-refractivity contribution is -0.161. The van der Waals surface area contributed by atoms with Gasteiger partial charge in [0.25, 0.3) is 0 Å². The molecule has 2 atom stereocenters. The van der Waals surface area contributed by atoms with Gasteiger partial charge >= 0.3 is 11.9 Å². The van der Waals surface area contributed by atoms with Gasteiger partial charge in [-0.2, -0.15) is 5.26 Å². The number of nitrogens with zero attached hydrogens (tertiary/aromatic N) is 1. The standard InChI is InChI=1S/C11H15NO4/c1-7(13)15-8-5-11(8,6-12)9(14)16-10(2,3)4/h8H,5H2,1-4H3. The van der Waals surface area contributed by atoms with Crippen LogP contribution in [-0.2, 0) is 19.1 Å². The van der Waals surface area contributed by atoms with Crippen LogP contribution < -0.4 is 0 Å². The van der Waals surface area contributed by atoms with Crippen LogP contribution in [0.1, 0.15) is 34.1 Å². The average molecular weight is 225 g/mol. The van der Waals surface area contributed by atoms with Gasteiger partial charge in [-0.05, 0) is 20.8 Å². The molecule has 0 spiro atoms. The van der Waals surface area contributed by atoms with Gasteiger partial charge in [0, 0.05) is 13.3 Å². The number of rotatable bonds is 2. The van der Waals surface area contributed by atoms with E-state index in [1.807, 2.05) is 6.07 Å². The molecule has 0 aromatic carbocycles. The van der Waals surface area contributed by atoms with Crippen LogP contribution in [0, 0.1) is 16.7 Å². The molecule has 5 nitrogen and oxygen atoms in total. The Hall–Kier alpha value is -1.57. The minimum absolute atomic E-state index is 0.220. The monoisotopic (exact) mass is 225 g/mol. The molecule has 5 heteroatoms. The quantitative estimate of drug-likeness (QED) is 0.659. The molecule has 2 unspecified atom stereocenters. The van der Waals surface area contributed by atoms with Gasteiger partial charge in [0.2, 0.25) is 0 Å². The lowest BCUT2D eigenvalue weighted by Gasteiger charge is -2.21. The van der Waals surface area contributed by atoms with Crippen molar-refractivity contribution in [3.05, 3.63) is 0 Å². The van der Waals surface area contributed by atoms with Crippen LogP contribution in [0.15, 0.2) is 0 Å². The van der Waals surface area contributed by atoms with Crippen molar-refractivity contribution in [2.45, 2.75) is 45.8 Å². The fraction of sp³-hybridized carbons (Fsp3) is 0.727. The molecule has 88 valence electrons. The zero-order valence-electron chi connectivity index (χ0n) is 9.86. The summed E-state index contributed by atoms with van der Waals surface area (Å²) in [5.74, 6) is -1.11. The molecule has 1 rings (SSSR count). The number of hydrogen-bond donors (Lipinski definition) is 0. The molecule has 1 saturated carbocycles. The molecule has 0 aromatic heterocycles. The average Bonchev–Trinajstić information content (AvgIpc) is 2.75. The largest absolute Gasteiger partial charge is 0.460 e. The van der Waals surface area contributed by atoms with E-state index in [-0.39, 0.29) is 6.42 Å². The van der Waals surface area contributed by atoms with Gasteiger partial charge in [0.15, 0.2) is 5.41 Å². The highest BCUT2D eigenvalue weighted by Crippen LogP contribution is 2.49. The zero-order chi connectivity index (χ0) is 12.6. The normalized spacial score (nSPS) is 27.8. The lowest BCUT2D eigenvalue weighted by atomic mass is 10.1. The molecule has 0 bridgehead atoms. The van der Waals surface area contributed by atoms with E-state index in [9.17, 15) is 9.59 Å². The molecule has 0 N–H and O–H groups in total. The molecule has 0 amide bonds. The third-order valence-electron chi connectivity index (χ3n) is 2.17. The van der Waals surface area contributed by atoms with E-state index < -0.39 is 29.1 Å². The zero-order valence-corrected chi connectivity index (χ0v) is 9.86. The first kappa shape index (κ1) is 12.5. The topological polar surface area (TPSA) is 76.4 Å². The van der Waals surface area contributed by atoms with Gasteiger partial charge < -0.3 is 9.47 Å². The Morgan fingerprint density at radius 1 is 1.44 bits per heavy atom. The maximum atomic E-state index is 11.7. The summed E-state index contributed by atoms with van der Waals surface area (Å²) in [6.45, 7) is 6.41. The Morgan fingerprint density at radius 3 is 2.38 bits per heavy atom. The third kappa shape index (κ3) is 2.51. The summed E-state index contributed by atoms with van der Waals surface area (Å²) in [5, 5.41) is 8.96. The van der Waals surface area contributed by atoms with Gasteiger partial charge in [0.1, 0.15) is 11.7 Å². The number of carbonyl (C=O) groups excluding carboxylic acids is 2. The predicted molar refractivity (Wildman–Crippen MR) is 54.1 cm³/mol. The molecule has 1 fully saturated rings. The number of ether oxygens (including phenoxy) is 2. The van der Waals surface area contributed by atoms with Crippen LogP contribution in [0.2, 0.25) is 0 Å². The summed E-state index contributed by atoms with van der Waals surface area (Å²) in [4.78, 5) is 22.5. The Labute approximate surface area is 94.3 Å². The fourth-order valence-corrected chi connectivity index (χ4v) is 1.32. The van der Waals surface area contributed by atoms with Crippen molar-refractivity contribution in [1.82, 2.24) is 0 Å². The number of hydrogen-bond acceptors (Lipinski definition) is 5. The maximum absolute atomic E-state index is 11.7. The van der Waals surface area contributed by atoms with Crippen molar-refractivity contribution in [2.75, 3.05) is 0 Å². The highest BCUT2D eigenvalue weighted by Gasteiger charge is 2.66. The van der Waals surface area contributed by atoms with Crippen molar-refractivity contribution in [3.8, 4) is 6.07 Å². The Balaban J connectivity index is 2.68. The molecular formula is C11H15NO4. The van der Waals surface area contributed by atoms with Crippen molar-refractivity contribution in [2.24, 2.45) is 5.41 Å². The second kappa shape index (κ2) is 3.78. The van der Waals surface area contributed by atoms with Crippen LogP contribution in [0.3, 0.4) is 0 Å². The van der Waals surface area contributed by atoms with Gasteiger partial charge in [0.05, 0.1) is 6.07 Å². The summed E-state index contributed by atoms with van der Waals surface area (Å²) in [6, 6.07) is 1.88. The SMILES string of the molecule is CC(=O)OC1CC1(C#N)C(=O)OC(C)(C)C. The lowest BCUT2D eigenvalue weighted by Crippen LogP contribution is -2.31. The molecule has 0 heterocycles. The highest BCUT2D eigenvalue weighted by atomic mass is 16.6. The molecule has 1 aliphatic rings. The molecule has 0 saturated heterocycles. The Morgan fingerprint density at radius 2 is 2.00 bits per heavy atom. The summed E-state index contributed by atoms with van der Waals surface area (Å²) in [6.07, 6.45) is -0.442. The van der Waals surface area contributed by atoms with Crippen LogP contribution in [0.25, 0.3) is 0 Å². The van der Waals surface area contributed by atoms with Crippen molar-refractivity contribution < 1.29 is 19.1 Å². The van der Waals surface area contributed by atoms with Crippen LogP contribution in [0.4, 0.5) is 0 Å². The Kier molecular flexibility index (Phi) is 2.95. The first-order valence-electron chi connectivity index (χ1n) is 5.03. The molecule has 0 aliphatic heterocycles. The first-order valence-corrected chi connectivity index (χ1v) is 5.03. The van der Waals surface area contributed by atoms with E-state index in [0.29, 0.717) is 0 Å². The number of carbonyl (C=O) groups is 2. The van der Waals surface area contributed by atoms with Crippen molar-refractivity contribution >= 4 is 11.9 Å². The second-order valence-electron chi connectivity index (χ2n) is 4.89. The molecule has 0 aromatic rings. The maximum Gasteiger partial charge on any atom is 0.331 e. The summed E-state index contributed by atoms with van der Waals surface area (Å²) >= 11 is 0. The van der Waals surface area contributed by atoms with E-state index in [1.165, 1.54) is 6.92 Å². The molecule has 0 radical (unpaired) electrons. The van der Waals surface area contributed by atoms with E-state index in [2.05, 4.69) is 0 Å². The molecule has 16 heavy (non-hydrogen) atoms. The predicted octanol–water partition coefficient (Wildman–Crippen LogP) is 1.17. The van der Waals surface area contributed by atoms with Gasteiger partial charge in [-0.1, -0.05) is 0 Å². The summed E-state index contributed by atoms with van der Waals surface area (Å²) in [7, 11) is 0. The van der Waals surface area contributed by atoms with E-state index in [0.717, 1.165) is 0 Å². The van der Waals surface area contributed by atoms with Crippen molar-refractivity contribution in [1.29, 1.82) is 5.26 Å². The first-order chi connectivity index (χ1) is 7.21. The van der Waals surface area contributed by atoms with Gasteiger partial charge in [-0.3, -0.25) is 9.59 Å². The Bertz CT molecular complexity index is 363. The van der Waals surface area contributed by atoms with Crippen LogP contribution >= 0.6 is 0 Å². The minimum Gasteiger partial charge on any atom is -0.460 e. The molecular weight excluding hydrogens is 210 g/mol. The van der Waals surface area contributed by atoms with E-state index >= 15 is 0 Å². The fourth-order valence-electron chi connectivity index (χ4n) is 1.32. The smallest absolute Gasteiger partial charge is 0.331 e. The van der Waals surface area contributed by atoms with Crippen LogP contribution in [-0.4, -0.2) is 23.6 Å². The summed E-state index contributed by atoms with van der Waals surface area (Å²) in [5.41, 5.74) is -1.94. The second-order valence-corrected chi connectivity index (χ2v) is 4.89.